The van der Waals surface area contributed by atoms with Crippen LogP contribution in [0.5, 0.6) is 11.5 Å². The number of carbonyl (C=O) groups excluding carboxylic acids is 1. The van der Waals surface area contributed by atoms with E-state index in [2.05, 4.69) is 37.6 Å². The third-order valence-electron chi connectivity index (χ3n) is 4.89. The Morgan fingerprint density at radius 2 is 1.70 bits per heavy atom. The lowest BCUT2D eigenvalue weighted by Gasteiger charge is -2.05. The van der Waals surface area contributed by atoms with Crippen molar-refractivity contribution in [3.63, 3.8) is 0 Å². The van der Waals surface area contributed by atoms with Crippen molar-refractivity contribution in [2.75, 3.05) is 0 Å². The van der Waals surface area contributed by atoms with Crippen LogP contribution >= 0.6 is 11.3 Å². The molecule has 4 rings (SSSR count). The van der Waals surface area contributed by atoms with Crippen LogP contribution < -0.4 is 9.54 Å². The number of hydrogen-bond donors (Lipinski definition) is 0. The van der Waals surface area contributed by atoms with Crippen LogP contribution in [-0.4, -0.2) is 10.5 Å². The van der Waals surface area contributed by atoms with Gasteiger partial charge in [0.05, 0.1) is 10.2 Å². The number of aromatic nitrogens is 1. The largest absolute Gasteiger partial charge is 0.457 e. The zero-order valence-corrected chi connectivity index (χ0v) is 17.8. The molecule has 3 aromatic carbocycles. The molecule has 30 heavy (non-hydrogen) atoms. The SMILES string of the molecule is C=CCn1c(=NC(=O)c2ccc(Oc3ccccc3)cc2)sc2cc(C)c(C)cc21. The van der Waals surface area contributed by atoms with Crippen molar-refractivity contribution in [1.82, 2.24) is 4.57 Å². The smallest absolute Gasteiger partial charge is 0.279 e. The Labute approximate surface area is 179 Å². The fourth-order valence-corrected chi connectivity index (χ4v) is 4.27. The molecule has 4 aromatic rings. The second kappa shape index (κ2) is 8.51. The Morgan fingerprint density at radius 3 is 2.40 bits per heavy atom. The maximum atomic E-state index is 12.8. The Balaban J connectivity index is 1.66. The molecule has 0 saturated heterocycles. The molecule has 0 aliphatic heterocycles. The third kappa shape index (κ3) is 4.11. The topological polar surface area (TPSA) is 43.6 Å². The van der Waals surface area contributed by atoms with E-state index in [4.69, 9.17) is 4.74 Å². The molecule has 5 heteroatoms. The summed E-state index contributed by atoms with van der Waals surface area (Å²) < 4.78 is 8.93. The number of para-hydroxylation sites is 1. The first-order valence-corrected chi connectivity index (χ1v) is 10.5. The van der Waals surface area contributed by atoms with Crippen LogP contribution in [0.3, 0.4) is 0 Å². The van der Waals surface area contributed by atoms with Gasteiger partial charge in [-0.3, -0.25) is 4.79 Å². The first-order chi connectivity index (χ1) is 14.5. The lowest BCUT2D eigenvalue weighted by Crippen LogP contribution is -2.16. The minimum absolute atomic E-state index is 0.279. The second-order valence-corrected chi connectivity index (χ2v) is 8.05. The summed E-state index contributed by atoms with van der Waals surface area (Å²) >= 11 is 1.52. The molecule has 1 aromatic heterocycles. The van der Waals surface area contributed by atoms with Crippen LogP contribution in [-0.2, 0) is 6.54 Å². The molecule has 0 bridgehead atoms. The summed E-state index contributed by atoms with van der Waals surface area (Å²) in [5.41, 5.74) is 4.03. The summed E-state index contributed by atoms with van der Waals surface area (Å²) in [5.74, 6) is 1.15. The molecule has 0 saturated carbocycles. The van der Waals surface area contributed by atoms with Gasteiger partial charge in [0, 0.05) is 12.1 Å². The van der Waals surface area contributed by atoms with Crippen molar-refractivity contribution in [3.8, 4) is 11.5 Å². The van der Waals surface area contributed by atoms with Crippen LogP contribution in [0.1, 0.15) is 21.5 Å². The summed E-state index contributed by atoms with van der Waals surface area (Å²) in [6, 6.07) is 20.9. The minimum Gasteiger partial charge on any atom is -0.457 e. The van der Waals surface area contributed by atoms with Gasteiger partial charge in [-0.25, -0.2) is 0 Å². The molecule has 4 nitrogen and oxygen atoms in total. The highest BCUT2D eigenvalue weighted by Gasteiger charge is 2.10. The molecule has 0 aliphatic rings. The van der Waals surface area contributed by atoms with Gasteiger partial charge in [0.25, 0.3) is 5.91 Å². The monoisotopic (exact) mass is 414 g/mol. The number of carbonyl (C=O) groups is 1. The molecule has 0 unspecified atom stereocenters. The number of allylic oxidation sites excluding steroid dienone is 1. The number of thiazole rings is 1. The molecule has 0 atom stereocenters. The van der Waals surface area contributed by atoms with Crippen molar-refractivity contribution in [1.29, 1.82) is 0 Å². The lowest BCUT2D eigenvalue weighted by atomic mass is 10.1. The Hall–Kier alpha value is -3.44. The van der Waals surface area contributed by atoms with Crippen LogP contribution in [0.2, 0.25) is 0 Å². The van der Waals surface area contributed by atoms with Gasteiger partial charge in [0.2, 0.25) is 0 Å². The number of ether oxygens (including phenoxy) is 1. The van der Waals surface area contributed by atoms with Crippen molar-refractivity contribution in [2.24, 2.45) is 4.99 Å². The molecule has 0 spiro atoms. The van der Waals surface area contributed by atoms with E-state index in [-0.39, 0.29) is 5.91 Å². The second-order valence-electron chi connectivity index (χ2n) is 7.04. The van der Waals surface area contributed by atoms with E-state index in [1.807, 2.05) is 41.0 Å². The summed E-state index contributed by atoms with van der Waals surface area (Å²) in [4.78, 5) is 17.9. The number of amides is 1. The zero-order chi connectivity index (χ0) is 21.1. The minimum atomic E-state index is -0.279. The third-order valence-corrected chi connectivity index (χ3v) is 5.93. The first kappa shape index (κ1) is 19.9. The molecule has 150 valence electrons. The van der Waals surface area contributed by atoms with E-state index in [9.17, 15) is 4.79 Å². The number of rotatable bonds is 5. The van der Waals surface area contributed by atoms with Crippen LogP contribution in [0.15, 0.2) is 84.4 Å². The van der Waals surface area contributed by atoms with Gasteiger partial charge >= 0.3 is 0 Å². The van der Waals surface area contributed by atoms with Crippen LogP contribution in [0.4, 0.5) is 0 Å². The fourth-order valence-electron chi connectivity index (χ4n) is 3.15. The maximum Gasteiger partial charge on any atom is 0.279 e. The van der Waals surface area contributed by atoms with Gasteiger partial charge in [0.1, 0.15) is 11.5 Å². The van der Waals surface area contributed by atoms with Gasteiger partial charge in [-0.1, -0.05) is 35.6 Å². The Morgan fingerprint density at radius 1 is 1.03 bits per heavy atom. The van der Waals surface area contributed by atoms with E-state index in [1.54, 1.807) is 24.3 Å². The van der Waals surface area contributed by atoms with Crippen molar-refractivity contribution >= 4 is 27.5 Å². The number of nitrogens with zero attached hydrogens (tertiary/aromatic N) is 2. The Kier molecular flexibility index (Phi) is 5.63. The average Bonchev–Trinajstić information content (AvgIpc) is 3.06. The van der Waals surface area contributed by atoms with Crippen LogP contribution in [0, 0.1) is 13.8 Å². The van der Waals surface area contributed by atoms with Crippen molar-refractivity contribution < 1.29 is 9.53 Å². The van der Waals surface area contributed by atoms with Gasteiger partial charge in [-0.2, -0.15) is 4.99 Å². The Bertz CT molecular complexity index is 1280. The number of fused-ring (bicyclic) bond motifs is 1. The highest BCUT2D eigenvalue weighted by Crippen LogP contribution is 2.23. The summed E-state index contributed by atoms with van der Waals surface area (Å²) in [5, 5.41) is 0. The zero-order valence-electron chi connectivity index (χ0n) is 17.0. The van der Waals surface area contributed by atoms with Crippen molar-refractivity contribution in [3.05, 3.63) is 101 Å². The van der Waals surface area contributed by atoms with Crippen LogP contribution in [0.25, 0.3) is 10.2 Å². The van der Waals surface area contributed by atoms with E-state index in [0.717, 1.165) is 16.0 Å². The van der Waals surface area contributed by atoms with Gasteiger partial charge in [-0.15, -0.1) is 6.58 Å². The highest BCUT2D eigenvalue weighted by molar-refractivity contribution is 7.16. The molecular weight excluding hydrogens is 392 g/mol. The summed E-state index contributed by atoms with van der Waals surface area (Å²) in [6.45, 7) is 8.62. The molecular formula is C25H22N2O2S. The molecule has 0 N–H and O–H groups in total. The first-order valence-electron chi connectivity index (χ1n) is 9.68. The van der Waals surface area contributed by atoms with Crippen molar-refractivity contribution in [2.45, 2.75) is 20.4 Å². The summed E-state index contributed by atoms with van der Waals surface area (Å²) in [6.07, 6.45) is 1.82. The van der Waals surface area contributed by atoms with E-state index < -0.39 is 0 Å². The van der Waals surface area contributed by atoms with E-state index >= 15 is 0 Å². The molecule has 0 fully saturated rings. The van der Waals surface area contributed by atoms with E-state index in [1.165, 1.54) is 22.5 Å². The van der Waals surface area contributed by atoms with Gasteiger partial charge < -0.3 is 9.30 Å². The highest BCUT2D eigenvalue weighted by atomic mass is 32.1. The molecule has 1 amide bonds. The normalized spacial score (nSPS) is 11.6. The fraction of sp³-hybridized carbons (Fsp3) is 0.120. The predicted molar refractivity (Wildman–Crippen MR) is 122 cm³/mol. The van der Waals surface area contributed by atoms with Gasteiger partial charge in [0.15, 0.2) is 4.80 Å². The molecule has 1 heterocycles. The lowest BCUT2D eigenvalue weighted by molar-refractivity contribution is 0.0998. The number of benzene rings is 3. The van der Waals surface area contributed by atoms with Gasteiger partial charge in [-0.05, 0) is 73.5 Å². The quantitative estimate of drug-likeness (QED) is 0.374. The molecule has 0 radical (unpaired) electrons. The standard InChI is InChI=1S/C25H22N2O2S/c1-4-14-27-22-15-17(2)18(3)16-23(22)30-25(27)26-24(28)19-10-12-21(13-11-19)29-20-8-6-5-7-9-20/h4-13,15-16H,1,14H2,2-3H3. The molecule has 0 aliphatic carbocycles. The number of hydrogen-bond acceptors (Lipinski definition) is 3. The predicted octanol–water partition coefficient (Wildman–Crippen LogP) is 6.04. The average molecular weight is 415 g/mol. The maximum absolute atomic E-state index is 12.8. The number of aryl methyl sites for hydroxylation is 2. The summed E-state index contributed by atoms with van der Waals surface area (Å²) in [7, 11) is 0. The van der Waals surface area contributed by atoms with E-state index in [0.29, 0.717) is 22.7 Å².